The molecule has 0 atom stereocenters. The van der Waals surface area contributed by atoms with E-state index in [4.69, 9.17) is 27.9 Å². The molecule has 0 aliphatic heterocycles. The van der Waals surface area contributed by atoms with Crippen LogP contribution in [0.4, 0.5) is 5.13 Å². The lowest BCUT2D eigenvalue weighted by atomic mass is 10.2. The van der Waals surface area contributed by atoms with Crippen LogP contribution in [0, 0.1) is 0 Å². The molecule has 1 amide bonds. The summed E-state index contributed by atoms with van der Waals surface area (Å²) in [6.07, 6.45) is 0. The minimum atomic E-state index is -0.264. The van der Waals surface area contributed by atoms with Crippen LogP contribution in [0.5, 0.6) is 0 Å². The number of carbonyl (C=O) groups is 1. The van der Waals surface area contributed by atoms with E-state index in [1.165, 1.54) is 30.2 Å². The highest BCUT2D eigenvalue weighted by molar-refractivity contribution is 8.00. The Morgan fingerprint density at radius 1 is 1.38 bits per heavy atom. The van der Waals surface area contributed by atoms with Crippen molar-refractivity contribution in [1.82, 2.24) is 10.2 Å². The molecule has 1 heterocycles. The van der Waals surface area contributed by atoms with Gasteiger partial charge in [-0.2, -0.15) is 0 Å². The number of benzene rings is 1. The van der Waals surface area contributed by atoms with Crippen LogP contribution in [0.25, 0.3) is 0 Å². The SMILES string of the molecule is COCC(=O)Nc1nnc(SCc2c(Cl)cccc2Cl)s1. The highest BCUT2D eigenvalue weighted by Crippen LogP contribution is 2.33. The summed E-state index contributed by atoms with van der Waals surface area (Å²) in [6, 6.07) is 5.38. The Balaban J connectivity index is 1.95. The van der Waals surface area contributed by atoms with Crippen molar-refractivity contribution in [3.8, 4) is 0 Å². The number of ether oxygens (including phenoxy) is 1. The first-order chi connectivity index (χ1) is 10.1. The Hall–Kier alpha value is -0.860. The van der Waals surface area contributed by atoms with Crippen LogP contribution in [-0.2, 0) is 15.3 Å². The molecule has 0 radical (unpaired) electrons. The van der Waals surface area contributed by atoms with Crippen molar-refractivity contribution in [2.45, 2.75) is 10.1 Å². The quantitative estimate of drug-likeness (QED) is 0.625. The molecule has 21 heavy (non-hydrogen) atoms. The van der Waals surface area contributed by atoms with Gasteiger partial charge < -0.3 is 4.74 Å². The van der Waals surface area contributed by atoms with E-state index in [0.29, 0.717) is 20.9 Å². The molecule has 2 aromatic rings. The van der Waals surface area contributed by atoms with E-state index < -0.39 is 0 Å². The Bertz CT molecular complexity index is 616. The number of thioether (sulfide) groups is 1. The normalized spacial score (nSPS) is 10.6. The second kappa shape index (κ2) is 7.95. The zero-order chi connectivity index (χ0) is 15.2. The molecule has 112 valence electrons. The minimum absolute atomic E-state index is 0.0166. The van der Waals surface area contributed by atoms with E-state index in [2.05, 4.69) is 15.5 Å². The number of carbonyl (C=O) groups excluding carboxylic acids is 1. The van der Waals surface area contributed by atoms with Gasteiger partial charge in [-0.15, -0.1) is 10.2 Å². The third kappa shape index (κ3) is 4.82. The summed E-state index contributed by atoms with van der Waals surface area (Å²) < 4.78 is 5.45. The number of aromatic nitrogens is 2. The fourth-order valence-electron chi connectivity index (χ4n) is 1.41. The maximum Gasteiger partial charge on any atom is 0.252 e. The van der Waals surface area contributed by atoms with Crippen molar-refractivity contribution < 1.29 is 9.53 Å². The number of hydrogen-bond donors (Lipinski definition) is 1. The van der Waals surface area contributed by atoms with Gasteiger partial charge in [-0.05, 0) is 17.7 Å². The molecular formula is C12H11Cl2N3O2S2. The van der Waals surface area contributed by atoms with Gasteiger partial charge in [0.25, 0.3) is 5.91 Å². The van der Waals surface area contributed by atoms with Crippen LogP contribution in [0.15, 0.2) is 22.5 Å². The van der Waals surface area contributed by atoms with E-state index in [0.717, 1.165) is 9.90 Å². The number of nitrogens with one attached hydrogen (secondary N) is 1. The van der Waals surface area contributed by atoms with Crippen molar-refractivity contribution in [3.05, 3.63) is 33.8 Å². The molecule has 0 spiro atoms. The summed E-state index contributed by atoms with van der Waals surface area (Å²) in [6.45, 7) is -0.0166. The monoisotopic (exact) mass is 363 g/mol. The van der Waals surface area contributed by atoms with Gasteiger partial charge >= 0.3 is 0 Å². The first kappa shape index (κ1) is 16.5. The number of rotatable bonds is 6. The van der Waals surface area contributed by atoms with Gasteiger partial charge in [0.1, 0.15) is 6.61 Å². The summed E-state index contributed by atoms with van der Waals surface area (Å²) in [5.41, 5.74) is 0.853. The highest BCUT2D eigenvalue weighted by atomic mass is 35.5. The number of halogens is 2. The molecule has 0 unspecified atom stereocenters. The van der Waals surface area contributed by atoms with E-state index in [9.17, 15) is 4.79 Å². The van der Waals surface area contributed by atoms with Crippen LogP contribution in [0.2, 0.25) is 10.0 Å². The molecule has 1 aromatic heterocycles. The van der Waals surface area contributed by atoms with Crippen molar-refractivity contribution >= 4 is 57.3 Å². The van der Waals surface area contributed by atoms with Crippen LogP contribution in [0.3, 0.4) is 0 Å². The Kier molecular flexibility index (Phi) is 6.25. The van der Waals surface area contributed by atoms with E-state index in [-0.39, 0.29) is 12.5 Å². The van der Waals surface area contributed by atoms with Crippen LogP contribution in [0.1, 0.15) is 5.56 Å². The molecule has 0 saturated carbocycles. The summed E-state index contributed by atoms with van der Waals surface area (Å²) >= 11 is 14.9. The first-order valence-corrected chi connectivity index (χ1v) is 8.34. The summed E-state index contributed by atoms with van der Waals surface area (Å²) in [5, 5.41) is 12.2. The highest BCUT2D eigenvalue weighted by Gasteiger charge is 2.11. The number of anilines is 1. The van der Waals surface area contributed by atoms with Crippen LogP contribution in [-0.4, -0.2) is 29.8 Å². The number of amides is 1. The third-order valence-electron chi connectivity index (χ3n) is 2.33. The summed E-state index contributed by atoms with van der Waals surface area (Å²) in [4.78, 5) is 11.4. The Morgan fingerprint density at radius 3 is 2.76 bits per heavy atom. The Labute approximate surface area is 140 Å². The zero-order valence-corrected chi connectivity index (χ0v) is 14.1. The smallest absolute Gasteiger partial charge is 0.252 e. The average Bonchev–Trinajstić information content (AvgIpc) is 2.86. The maximum atomic E-state index is 11.4. The van der Waals surface area contributed by atoms with Gasteiger partial charge in [-0.1, -0.05) is 52.4 Å². The molecule has 0 saturated heterocycles. The second-order valence-corrected chi connectivity index (χ2v) is 6.86. The third-order valence-corrected chi connectivity index (χ3v) is 5.04. The first-order valence-electron chi connectivity index (χ1n) is 5.78. The molecular weight excluding hydrogens is 353 g/mol. The Morgan fingerprint density at radius 2 is 2.10 bits per heavy atom. The molecule has 9 heteroatoms. The topological polar surface area (TPSA) is 64.1 Å². The van der Waals surface area contributed by atoms with Crippen molar-refractivity contribution in [2.24, 2.45) is 0 Å². The fourth-order valence-corrected chi connectivity index (χ4v) is 3.92. The number of hydrogen-bond acceptors (Lipinski definition) is 6. The van der Waals surface area contributed by atoms with Gasteiger partial charge in [-0.25, -0.2) is 0 Å². The molecule has 0 aliphatic rings. The van der Waals surface area contributed by atoms with Crippen molar-refractivity contribution in [1.29, 1.82) is 0 Å². The molecule has 0 fully saturated rings. The fraction of sp³-hybridized carbons (Fsp3) is 0.250. The van der Waals surface area contributed by atoms with Gasteiger partial charge in [0.2, 0.25) is 5.13 Å². The van der Waals surface area contributed by atoms with Gasteiger partial charge in [0.15, 0.2) is 4.34 Å². The largest absolute Gasteiger partial charge is 0.375 e. The maximum absolute atomic E-state index is 11.4. The summed E-state index contributed by atoms with van der Waals surface area (Å²) in [7, 11) is 1.45. The van der Waals surface area contributed by atoms with Crippen molar-refractivity contribution in [3.63, 3.8) is 0 Å². The lowest BCUT2D eigenvalue weighted by Crippen LogP contribution is -2.16. The lowest BCUT2D eigenvalue weighted by molar-refractivity contribution is -0.119. The van der Waals surface area contributed by atoms with Gasteiger partial charge in [-0.3, -0.25) is 10.1 Å². The van der Waals surface area contributed by atoms with Gasteiger partial charge in [0, 0.05) is 22.9 Å². The molecule has 0 aliphatic carbocycles. The predicted molar refractivity (Wildman–Crippen MR) is 86.4 cm³/mol. The predicted octanol–water partition coefficient (Wildman–Crippen LogP) is 3.72. The zero-order valence-electron chi connectivity index (χ0n) is 10.9. The molecule has 0 bridgehead atoms. The lowest BCUT2D eigenvalue weighted by Gasteiger charge is -2.04. The van der Waals surface area contributed by atoms with Crippen molar-refractivity contribution in [2.75, 3.05) is 19.0 Å². The molecule has 1 N–H and O–H groups in total. The van der Waals surface area contributed by atoms with E-state index in [1.54, 1.807) is 18.2 Å². The van der Waals surface area contributed by atoms with E-state index in [1.807, 2.05) is 0 Å². The molecule has 5 nitrogen and oxygen atoms in total. The second-order valence-electron chi connectivity index (χ2n) is 3.84. The minimum Gasteiger partial charge on any atom is -0.375 e. The van der Waals surface area contributed by atoms with E-state index >= 15 is 0 Å². The van der Waals surface area contributed by atoms with Crippen LogP contribution < -0.4 is 5.32 Å². The average molecular weight is 364 g/mol. The number of nitrogens with zero attached hydrogens (tertiary/aromatic N) is 2. The number of methoxy groups -OCH3 is 1. The van der Waals surface area contributed by atoms with Crippen LogP contribution >= 0.6 is 46.3 Å². The standard InChI is InChI=1S/C12H11Cl2N3O2S2/c1-19-5-10(18)15-11-16-17-12(21-11)20-6-7-8(13)3-2-4-9(7)14/h2-4H,5-6H2,1H3,(H,15,16,18). The summed E-state index contributed by atoms with van der Waals surface area (Å²) in [5.74, 6) is 0.318. The van der Waals surface area contributed by atoms with Gasteiger partial charge in [0.05, 0.1) is 0 Å². The molecule has 2 rings (SSSR count). The molecule has 1 aromatic carbocycles.